The minimum atomic E-state index is -4.75. The lowest BCUT2D eigenvalue weighted by Gasteiger charge is -2.39. The molecule has 4 rings (SSSR count). The van der Waals surface area contributed by atoms with E-state index in [1.165, 1.54) is 18.2 Å². The molecule has 4 nitrogen and oxygen atoms in total. The van der Waals surface area contributed by atoms with Crippen LogP contribution >= 0.6 is 23.2 Å². The van der Waals surface area contributed by atoms with Gasteiger partial charge in [0.25, 0.3) is 0 Å². The summed E-state index contributed by atoms with van der Waals surface area (Å²) in [7, 11) is 0. The highest BCUT2D eigenvalue weighted by atomic mass is 35.5. The molecule has 1 unspecified atom stereocenters. The van der Waals surface area contributed by atoms with Crippen molar-refractivity contribution in [2.45, 2.75) is 31.0 Å². The zero-order valence-electron chi connectivity index (χ0n) is 16.5. The first-order valence-electron chi connectivity index (χ1n) is 9.71. The summed E-state index contributed by atoms with van der Waals surface area (Å²) in [6.45, 7) is 3.14. The van der Waals surface area contributed by atoms with E-state index in [0.717, 1.165) is 11.6 Å². The molecule has 9 heteroatoms. The van der Waals surface area contributed by atoms with Crippen molar-refractivity contribution in [2.24, 2.45) is 0 Å². The lowest BCUT2D eigenvalue weighted by atomic mass is 9.89. The number of rotatable bonds is 4. The number of nitrogens with zero attached hydrogens (tertiary/aromatic N) is 1. The summed E-state index contributed by atoms with van der Waals surface area (Å²) in [4.78, 5) is 18.6. The van der Waals surface area contributed by atoms with Crippen molar-refractivity contribution < 1.29 is 22.8 Å². The normalized spacial score (nSPS) is 21.5. The second-order valence-electron chi connectivity index (χ2n) is 7.62. The zero-order valence-corrected chi connectivity index (χ0v) is 18.0. The van der Waals surface area contributed by atoms with Crippen LogP contribution in [0.15, 0.2) is 48.5 Å². The van der Waals surface area contributed by atoms with E-state index in [2.05, 4.69) is 5.48 Å². The second kappa shape index (κ2) is 8.04. The Morgan fingerprint density at radius 3 is 2.32 bits per heavy atom. The molecule has 1 N–H and O–H groups in total. The Balaban J connectivity index is 1.59. The van der Waals surface area contributed by atoms with Crippen LogP contribution in [0.2, 0.25) is 10.0 Å². The van der Waals surface area contributed by atoms with E-state index in [1.807, 2.05) is 19.1 Å². The summed E-state index contributed by atoms with van der Waals surface area (Å²) >= 11 is 11.9. The Labute approximate surface area is 187 Å². The van der Waals surface area contributed by atoms with Gasteiger partial charge in [0, 0.05) is 41.0 Å². The van der Waals surface area contributed by atoms with Gasteiger partial charge in [0.15, 0.2) is 0 Å². The van der Waals surface area contributed by atoms with Gasteiger partial charge < -0.3 is 4.90 Å². The van der Waals surface area contributed by atoms with Gasteiger partial charge in [0.05, 0.1) is 5.70 Å². The van der Waals surface area contributed by atoms with Crippen LogP contribution in [0.25, 0.3) is 5.70 Å². The first-order chi connectivity index (χ1) is 14.6. The first-order valence-corrected chi connectivity index (χ1v) is 10.5. The topological polar surface area (TPSA) is 41.6 Å². The van der Waals surface area contributed by atoms with Gasteiger partial charge in [-0.25, -0.2) is 0 Å². The monoisotopic (exact) mass is 470 g/mol. The van der Waals surface area contributed by atoms with E-state index in [9.17, 15) is 18.0 Å². The third-order valence-electron chi connectivity index (χ3n) is 5.61. The van der Waals surface area contributed by atoms with Crippen LogP contribution in [0.4, 0.5) is 13.2 Å². The van der Waals surface area contributed by atoms with Gasteiger partial charge in [-0.15, -0.1) is 0 Å². The molecule has 1 atom stereocenters. The van der Waals surface area contributed by atoms with Crippen LogP contribution < -0.4 is 5.48 Å². The number of hydroxylamine groups is 1. The van der Waals surface area contributed by atoms with Crippen molar-refractivity contribution in [3.05, 3.63) is 75.3 Å². The van der Waals surface area contributed by atoms with Crippen molar-refractivity contribution in [3.63, 3.8) is 0 Å². The number of alkyl halides is 3. The number of halogens is 5. The van der Waals surface area contributed by atoms with E-state index in [4.69, 9.17) is 28.0 Å². The SMILES string of the molecule is CCC(=O)N1CC(c2ccc(C3=CC(c4cc(Cl)cc(Cl)c4)(C(F)(F)F)ON3)cc2)C1. The Kier molecular flexibility index (Phi) is 5.70. The molecule has 2 aliphatic rings. The van der Waals surface area contributed by atoms with Gasteiger partial charge in [-0.05, 0) is 35.4 Å². The van der Waals surface area contributed by atoms with Crippen molar-refractivity contribution in [2.75, 3.05) is 13.1 Å². The van der Waals surface area contributed by atoms with Gasteiger partial charge in [0.2, 0.25) is 11.5 Å². The standard InChI is InChI=1S/C22H19Cl2F3N2O2/c1-2-20(30)29-11-15(12-29)13-3-5-14(6-4-13)19-10-21(31-28-19,22(25,26)27)16-7-17(23)9-18(24)8-16/h3-10,15,28H,2,11-12H2,1H3. The average molecular weight is 471 g/mol. The third kappa shape index (κ3) is 4.02. The predicted molar refractivity (Wildman–Crippen MR) is 112 cm³/mol. The molecule has 0 radical (unpaired) electrons. The maximum Gasteiger partial charge on any atom is 0.428 e. The number of carbonyl (C=O) groups is 1. The number of carbonyl (C=O) groups excluding carboxylic acids is 1. The number of hydrogen-bond donors (Lipinski definition) is 1. The Morgan fingerprint density at radius 1 is 1.16 bits per heavy atom. The number of amides is 1. The minimum absolute atomic E-state index is 0.0806. The quantitative estimate of drug-likeness (QED) is 0.626. The van der Waals surface area contributed by atoms with E-state index < -0.39 is 11.8 Å². The molecule has 0 bridgehead atoms. The smallest absolute Gasteiger partial charge is 0.341 e. The Hall–Kier alpha value is -2.22. The number of benzene rings is 2. The van der Waals surface area contributed by atoms with Crippen molar-refractivity contribution in [1.82, 2.24) is 10.4 Å². The molecule has 1 saturated heterocycles. The van der Waals surface area contributed by atoms with Gasteiger partial charge in [-0.1, -0.05) is 54.4 Å². The summed E-state index contributed by atoms with van der Waals surface area (Å²) in [5.74, 6) is 0.351. The molecule has 164 valence electrons. The molecule has 1 amide bonds. The van der Waals surface area contributed by atoms with Gasteiger partial charge in [0.1, 0.15) is 0 Å². The van der Waals surface area contributed by atoms with Crippen LogP contribution in [0.1, 0.15) is 36.0 Å². The molecule has 2 heterocycles. The molecule has 0 spiro atoms. The average Bonchev–Trinajstić information content (AvgIpc) is 3.13. The number of nitrogens with one attached hydrogen (secondary N) is 1. The number of likely N-dealkylation sites (tertiary alicyclic amines) is 1. The molecule has 1 fully saturated rings. The third-order valence-corrected chi connectivity index (χ3v) is 6.05. The van der Waals surface area contributed by atoms with Crippen LogP contribution in [-0.4, -0.2) is 30.1 Å². The lowest BCUT2D eigenvalue weighted by Crippen LogP contribution is -2.48. The van der Waals surface area contributed by atoms with Crippen LogP contribution in [0.3, 0.4) is 0 Å². The maximum atomic E-state index is 14.1. The van der Waals surface area contributed by atoms with Crippen molar-refractivity contribution in [3.8, 4) is 0 Å². The summed E-state index contributed by atoms with van der Waals surface area (Å²) in [6.07, 6.45) is -3.28. The van der Waals surface area contributed by atoms with Gasteiger partial charge in [-0.2, -0.15) is 13.2 Å². The van der Waals surface area contributed by atoms with Crippen LogP contribution in [0, 0.1) is 0 Å². The van der Waals surface area contributed by atoms with E-state index in [-0.39, 0.29) is 33.1 Å². The lowest BCUT2D eigenvalue weighted by molar-refractivity contribution is -0.269. The van der Waals surface area contributed by atoms with Gasteiger partial charge in [-0.3, -0.25) is 15.1 Å². The highest BCUT2D eigenvalue weighted by Gasteiger charge is 2.59. The van der Waals surface area contributed by atoms with E-state index in [0.29, 0.717) is 25.1 Å². The molecule has 31 heavy (non-hydrogen) atoms. The fourth-order valence-corrected chi connectivity index (χ4v) is 4.33. The Morgan fingerprint density at radius 2 is 1.77 bits per heavy atom. The molecule has 2 aliphatic heterocycles. The molecular weight excluding hydrogens is 452 g/mol. The predicted octanol–water partition coefficient (Wildman–Crippen LogP) is 5.66. The molecule has 2 aromatic carbocycles. The summed E-state index contributed by atoms with van der Waals surface area (Å²) in [6, 6.07) is 10.9. The molecule has 0 saturated carbocycles. The second-order valence-corrected chi connectivity index (χ2v) is 8.50. The largest absolute Gasteiger partial charge is 0.428 e. The molecular formula is C22H19Cl2F3N2O2. The highest BCUT2D eigenvalue weighted by molar-refractivity contribution is 6.34. The van der Waals surface area contributed by atoms with E-state index >= 15 is 0 Å². The van der Waals surface area contributed by atoms with Crippen LogP contribution in [0.5, 0.6) is 0 Å². The zero-order chi connectivity index (χ0) is 22.4. The van der Waals surface area contributed by atoms with E-state index in [1.54, 1.807) is 17.0 Å². The van der Waals surface area contributed by atoms with Crippen molar-refractivity contribution in [1.29, 1.82) is 0 Å². The van der Waals surface area contributed by atoms with Crippen molar-refractivity contribution >= 4 is 34.8 Å². The summed E-state index contributed by atoms with van der Waals surface area (Å²) in [5.41, 5.74) is 1.25. The fraction of sp³-hybridized carbons (Fsp3) is 0.318. The van der Waals surface area contributed by atoms with Gasteiger partial charge >= 0.3 is 6.18 Å². The molecule has 0 aromatic heterocycles. The maximum absolute atomic E-state index is 14.1. The molecule has 2 aromatic rings. The fourth-order valence-electron chi connectivity index (χ4n) is 3.81. The summed E-state index contributed by atoms with van der Waals surface area (Å²) in [5, 5.41) is 0.161. The highest BCUT2D eigenvalue weighted by Crippen LogP contribution is 2.48. The van der Waals surface area contributed by atoms with Crippen LogP contribution in [-0.2, 0) is 15.2 Å². The first kappa shape index (κ1) is 22.0. The molecule has 0 aliphatic carbocycles. The number of hydrogen-bond acceptors (Lipinski definition) is 3. The summed E-state index contributed by atoms with van der Waals surface area (Å²) < 4.78 is 42.2. The Bertz CT molecular complexity index is 1010. The minimum Gasteiger partial charge on any atom is -0.341 e.